The highest BCUT2D eigenvalue weighted by Crippen LogP contribution is 2.28. The molecule has 0 heterocycles. The number of carbonyl (C=O) groups is 3. The molecule has 2 aromatic carbocycles. The molecule has 176 valence electrons. The molecule has 0 aliphatic carbocycles. The Hall–Kier alpha value is -3.65. The molecule has 8 heteroatoms. The predicted octanol–water partition coefficient (Wildman–Crippen LogP) is 3.51. The summed E-state index contributed by atoms with van der Waals surface area (Å²) in [4.78, 5) is 36.7. The maximum absolute atomic E-state index is 12.8. The summed E-state index contributed by atoms with van der Waals surface area (Å²) < 4.78 is 21.4. The van der Waals surface area contributed by atoms with Crippen molar-refractivity contribution in [3.63, 3.8) is 0 Å². The van der Waals surface area contributed by atoms with Gasteiger partial charge < -0.3 is 18.9 Å². The average molecular weight is 456 g/mol. The van der Waals surface area contributed by atoms with Gasteiger partial charge >= 0.3 is 17.9 Å². The number of esters is 3. The molecule has 33 heavy (non-hydrogen) atoms. The van der Waals surface area contributed by atoms with Crippen molar-refractivity contribution in [3.8, 4) is 5.75 Å². The Morgan fingerprint density at radius 1 is 0.909 bits per heavy atom. The quantitative estimate of drug-likeness (QED) is 0.153. The molecule has 0 atom stereocenters. The van der Waals surface area contributed by atoms with Gasteiger partial charge in [0.25, 0.3) is 0 Å². The Bertz CT molecular complexity index is 1010. The van der Waals surface area contributed by atoms with Gasteiger partial charge in [-0.2, -0.15) is 0 Å². The van der Waals surface area contributed by atoms with Crippen molar-refractivity contribution in [2.75, 3.05) is 6.73 Å². The van der Waals surface area contributed by atoms with Crippen LogP contribution in [-0.2, 0) is 41.8 Å². The number of hydrogen-bond acceptors (Lipinski definition) is 8. The number of ether oxygens (including phenoxy) is 4. The number of nitrogens with two attached hydrogens (primary N) is 1. The molecule has 0 saturated heterocycles. The molecule has 0 spiro atoms. The maximum atomic E-state index is 12.8. The molecule has 0 saturated carbocycles. The summed E-state index contributed by atoms with van der Waals surface area (Å²) in [5.41, 5.74) is 5.95. The standard InChI is InChI=1S/C25H29NO7/c1-17(27)30-15-19-11-8-12-22(31-14-18-9-6-5-7-10-18)20(19)13-21(23(28)32-16-26)24(29)33-25(2,3)4/h5-13H,14-16,26H2,1-4H3. The number of hydrogen-bond donors (Lipinski definition) is 1. The summed E-state index contributed by atoms with van der Waals surface area (Å²) in [6.45, 7) is 6.08. The summed E-state index contributed by atoms with van der Waals surface area (Å²) in [5, 5.41) is 0. The minimum absolute atomic E-state index is 0.0861. The Labute approximate surface area is 193 Å². The Morgan fingerprint density at radius 3 is 2.21 bits per heavy atom. The fraction of sp³-hybridized carbons (Fsp3) is 0.320. The van der Waals surface area contributed by atoms with E-state index in [2.05, 4.69) is 0 Å². The van der Waals surface area contributed by atoms with Gasteiger partial charge in [-0.3, -0.25) is 10.5 Å². The second-order valence-corrected chi connectivity index (χ2v) is 8.04. The molecule has 0 unspecified atom stereocenters. The number of rotatable bonds is 9. The van der Waals surface area contributed by atoms with Crippen LogP contribution in [-0.4, -0.2) is 30.2 Å². The van der Waals surface area contributed by atoms with Crippen LogP contribution in [0.25, 0.3) is 6.08 Å². The second kappa shape index (κ2) is 11.8. The van der Waals surface area contributed by atoms with Crippen molar-refractivity contribution in [1.29, 1.82) is 0 Å². The second-order valence-electron chi connectivity index (χ2n) is 8.04. The van der Waals surface area contributed by atoms with E-state index in [4.69, 9.17) is 24.7 Å². The highest BCUT2D eigenvalue weighted by molar-refractivity contribution is 6.18. The first-order chi connectivity index (χ1) is 15.6. The molecule has 0 aliphatic rings. The van der Waals surface area contributed by atoms with Crippen LogP contribution >= 0.6 is 0 Å². The third kappa shape index (κ3) is 8.42. The predicted molar refractivity (Wildman–Crippen MR) is 122 cm³/mol. The van der Waals surface area contributed by atoms with Crippen molar-refractivity contribution < 1.29 is 33.3 Å². The molecule has 2 rings (SSSR count). The zero-order valence-corrected chi connectivity index (χ0v) is 19.3. The van der Waals surface area contributed by atoms with Gasteiger partial charge in [-0.05, 0) is 38.5 Å². The zero-order chi connectivity index (χ0) is 24.4. The minimum Gasteiger partial charge on any atom is -0.488 e. The lowest BCUT2D eigenvalue weighted by Crippen LogP contribution is -2.28. The fourth-order valence-electron chi connectivity index (χ4n) is 2.75. The Kier molecular flexibility index (Phi) is 9.18. The molecule has 8 nitrogen and oxygen atoms in total. The van der Waals surface area contributed by atoms with E-state index in [1.807, 2.05) is 30.3 Å². The average Bonchev–Trinajstić information content (AvgIpc) is 2.74. The highest BCUT2D eigenvalue weighted by Gasteiger charge is 2.27. The van der Waals surface area contributed by atoms with Crippen molar-refractivity contribution >= 4 is 24.0 Å². The summed E-state index contributed by atoms with van der Waals surface area (Å²) in [7, 11) is 0. The van der Waals surface area contributed by atoms with E-state index < -0.39 is 30.2 Å². The normalized spacial score (nSPS) is 11.5. The third-order valence-corrected chi connectivity index (χ3v) is 4.17. The van der Waals surface area contributed by atoms with E-state index in [9.17, 15) is 14.4 Å². The molecule has 0 aromatic heterocycles. The third-order valence-electron chi connectivity index (χ3n) is 4.17. The van der Waals surface area contributed by atoms with Crippen molar-refractivity contribution in [2.24, 2.45) is 5.73 Å². The summed E-state index contributed by atoms with van der Waals surface area (Å²) in [5.74, 6) is -1.92. The summed E-state index contributed by atoms with van der Waals surface area (Å²) in [6.07, 6.45) is 1.31. The molecule has 0 amide bonds. The van der Waals surface area contributed by atoms with Crippen LogP contribution in [0.3, 0.4) is 0 Å². The zero-order valence-electron chi connectivity index (χ0n) is 19.3. The van der Waals surface area contributed by atoms with E-state index in [1.165, 1.54) is 13.0 Å². The van der Waals surface area contributed by atoms with Crippen LogP contribution in [0.15, 0.2) is 54.1 Å². The topological polar surface area (TPSA) is 114 Å². The van der Waals surface area contributed by atoms with Gasteiger partial charge in [-0.1, -0.05) is 42.5 Å². The molecule has 0 radical (unpaired) electrons. The van der Waals surface area contributed by atoms with Gasteiger partial charge in [0.1, 0.15) is 36.9 Å². The van der Waals surface area contributed by atoms with Crippen molar-refractivity contribution in [3.05, 3.63) is 70.8 Å². The first-order valence-corrected chi connectivity index (χ1v) is 10.3. The minimum atomic E-state index is -0.942. The van der Waals surface area contributed by atoms with Gasteiger partial charge in [-0.15, -0.1) is 0 Å². The lowest BCUT2D eigenvalue weighted by atomic mass is 10.0. The fourth-order valence-corrected chi connectivity index (χ4v) is 2.75. The van der Waals surface area contributed by atoms with Gasteiger partial charge in [0.15, 0.2) is 0 Å². The lowest BCUT2D eigenvalue weighted by Gasteiger charge is -2.20. The SMILES string of the molecule is CC(=O)OCc1cccc(OCc2ccccc2)c1C=C(C(=O)OCN)C(=O)OC(C)(C)C. The Balaban J connectivity index is 2.53. The van der Waals surface area contributed by atoms with E-state index in [-0.39, 0.29) is 18.8 Å². The summed E-state index contributed by atoms with van der Waals surface area (Å²) in [6, 6.07) is 14.6. The van der Waals surface area contributed by atoms with Crippen LogP contribution in [0.4, 0.5) is 0 Å². The van der Waals surface area contributed by atoms with E-state index in [0.717, 1.165) is 5.56 Å². The molecular weight excluding hydrogens is 426 g/mol. The molecule has 0 bridgehead atoms. The number of benzene rings is 2. The lowest BCUT2D eigenvalue weighted by molar-refractivity contribution is -0.154. The monoisotopic (exact) mass is 455 g/mol. The molecule has 0 aliphatic heterocycles. The molecular formula is C25H29NO7. The van der Waals surface area contributed by atoms with Gasteiger partial charge in [0, 0.05) is 18.1 Å². The van der Waals surface area contributed by atoms with Gasteiger partial charge in [0.2, 0.25) is 0 Å². The van der Waals surface area contributed by atoms with Crippen LogP contribution < -0.4 is 10.5 Å². The van der Waals surface area contributed by atoms with Crippen molar-refractivity contribution in [2.45, 2.75) is 46.5 Å². The van der Waals surface area contributed by atoms with Crippen molar-refractivity contribution in [1.82, 2.24) is 0 Å². The van der Waals surface area contributed by atoms with Gasteiger partial charge in [0.05, 0.1) is 0 Å². The first kappa shape index (κ1) is 25.6. The number of carbonyl (C=O) groups excluding carboxylic acids is 3. The van der Waals surface area contributed by atoms with E-state index in [1.54, 1.807) is 39.0 Å². The van der Waals surface area contributed by atoms with E-state index >= 15 is 0 Å². The Morgan fingerprint density at radius 2 is 1.61 bits per heavy atom. The van der Waals surface area contributed by atoms with Crippen LogP contribution in [0, 0.1) is 0 Å². The maximum Gasteiger partial charge on any atom is 0.346 e. The molecule has 2 aromatic rings. The molecule has 0 fully saturated rings. The largest absolute Gasteiger partial charge is 0.488 e. The van der Waals surface area contributed by atoms with Crippen LogP contribution in [0.1, 0.15) is 44.4 Å². The molecule has 2 N–H and O–H groups in total. The smallest absolute Gasteiger partial charge is 0.346 e. The summed E-state index contributed by atoms with van der Waals surface area (Å²) >= 11 is 0. The first-order valence-electron chi connectivity index (χ1n) is 10.3. The van der Waals surface area contributed by atoms with Gasteiger partial charge in [-0.25, -0.2) is 9.59 Å². The van der Waals surface area contributed by atoms with Crippen LogP contribution in [0.2, 0.25) is 0 Å². The van der Waals surface area contributed by atoms with E-state index in [0.29, 0.717) is 16.9 Å². The highest BCUT2D eigenvalue weighted by atomic mass is 16.6. The van der Waals surface area contributed by atoms with Crippen LogP contribution in [0.5, 0.6) is 5.75 Å².